The van der Waals surface area contributed by atoms with Gasteiger partial charge in [-0.2, -0.15) is 8.42 Å². The molecule has 0 unspecified atom stereocenters. The van der Waals surface area contributed by atoms with E-state index in [9.17, 15) is 8.42 Å². The summed E-state index contributed by atoms with van der Waals surface area (Å²) >= 11 is 0. The minimum atomic E-state index is -3.70. The topological polar surface area (TPSA) is 75.4 Å². The summed E-state index contributed by atoms with van der Waals surface area (Å²) in [7, 11) is -2.13. The number of nitrogens with two attached hydrogens (primary N) is 1. The van der Waals surface area contributed by atoms with Crippen molar-refractivity contribution >= 4 is 15.9 Å². The maximum absolute atomic E-state index is 10.6. The zero-order chi connectivity index (χ0) is 9.90. The number of nitrogens with one attached hydrogen (secondary N) is 1. The van der Waals surface area contributed by atoms with Gasteiger partial charge in [-0.3, -0.25) is 5.01 Å². The fraction of sp³-hybridized carbons (Fsp3) is 0.143. The molecular formula is C7H11N3O2S. The van der Waals surface area contributed by atoms with Crippen LogP contribution in [-0.4, -0.2) is 15.5 Å². The van der Waals surface area contributed by atoms with Crippen molar-refractivity contribution in [2.75, 3.05) is 12.1 Å². The smallest absolute Gasteiger partial charge is 0.291 e. The van der Waals surface area contributed by atoms with E-state index in [0.717, 1.165) is 5.69 Å². The molecule has 1 aromatic rings. The number of hydrogen-bond donors (Lipinski definition) is 2. The third kappa shape index (κ3) is 3.41. The van der Waals surface area contributed by atoms with Crippen molar-refractivity contribution in [2.24, 2.45) is 5.14 Å². The molecule has 3 N–H and O–H groups in total. The number of anilines is 1. The van der Waals surface area contributed by atoms with E-state index in [1.807, 2.05) is 6.07 Å². The molecule has 0 bridgehead atoms. The standard InChI is InChI=1S/C7H11N3O2S/c1-10(9-13(8,11)12)7-5-3-2-4-6-7/h2-6,9H,1H3,(H2,8,11,12). The number of benzene rings is 1. The number of rotatable bonds is 3. The summed E-state index contributed by atoms with van der Waals surface area (Å²) in [5, 5.41) is 6.12. The van der Waals surface area contributed by atoms with Gasteiger partial charge in [-0.25, -0.2) is 5.14 Å². The Bertz CT molecular complexity index is 363. The van der Waals surface area contributed by atoms with Crippen LogP contribution in [0.25, 0.3) is 0 Å². The number of para-hydroxylation sites is 1. The van der Waals surface area contributed by atoms with Gasteiger partial charge in [0.15, 0.2) is 0 Å². The van der Waals surface area contributed by atoms with Crippen molar-refractivity contribution in [3.63, 3.8) is 0 Å². The molecule has 0 heterocycles. The molecule has 5 nitrogen and oxygen atoms in total. The first kappa shape index (κ1) is 9.97. The van der Waals surface area contributed by atoms with Gasteiger partial charge < -0.3 is 0 Å². The Morgan fingerprint density at radius 3 is 2.31 bits per heavy atom. The van der Waals surface area contributed by atoms with E-state index in [1.54, 1.807) is 31.3 Å². The van der Waals surface area contributed by atoms with E-state index in [-0.39, 0.29) is 0 Å². The van der Waals surface area contributed by atoms with Crippen molar-refractivity contribution in [1.29, 1.82) is 0 Å². The van der Waals surface area contributed by atoms with Crippen LogP contribution in [0.4, 0.5) is 5.69 Å². The fourth-order valence-corrected chi connectivity index (χ4v) is 1.38. The molecule has 0 aliphatic heterocycles. The van der Waals surface area contributed by atoms with E-state index < -0.39 is 10.2 Å². The lowest BCUT2D eigenvalue weighted by Crippen LogP contribution is -2.43. The minimum Gasteiger partial charge on any atom is -0.297 e. The van der Waals surface area contributed by atoms with Crippen LogP contribution in [0.1, 0.15) is 0 Å². The number of nitrogens with zero attached hydrogens (tertiary/aromatic N) is 1. The van der Waals surface area contributed by atoms with Crippen LogP contribution < -0.4 is 15.0 Å². The van der Waals surface area contributed by atoms with Crippen LogP contribution in [0.3, 0.4) is 0 Å². The summed E-state index contributed by atoms with van der Waals surface area (Å²) in [5.74, 6) is 0. The highest BCUT2D eigenvalue weighted by Crippen LogP contribution is 2.08. The van der Waals surface area contributed by atoms with Gasteiger partial charge >= 0.3 is 0 Å². The van der Waals surface area contributed by atoms with Crippen LogP contribution in [0, 0.1) is 0 Å². The summed E-state index contributed by atoms with van der Waals surface area (Å²) in [4.78, 5) is 2.12. The van der Waals surface area contributed by atoms with E-state index in [0.29, 0.717) is 0 Å². The molecule has 0 fully saturated rings. The molecule has 0 atom stereocenters. The van der Waals surface area contributed by atoms with Gasteiger partial charge in [-0.1, -0.05) is 18.2 Å². The lowest BCUT2D eigenvalue weighted by atomic mass is 10.3. The van der Waals surface area contributed by atoms with Gasteiger partial charge in [0.05, 0.1) is 5.69 Å². The van der Waals surface area contributed by atoms with Gasteiger partial charge in [0.2, 0.25) is 0 Å². The Hall–Kier alpha value is -1.11. The number of hydrazine groups is 1. The monoisotopic (exact) mass is 201 g/mol. The highest BCUT2D eigenvalue weighted by Gasteiger charge is 2.05. The molecule has 0 amide bonds. The zero-order valence-electron chi connectivity index (χ0n) is 7.14. The summed E-state index contributed by atoms with van der Waals surface area (Å²) in [5.41, 5.74) is 0.719. The normalized spacial score (nSPS) is 11.2. The van der Waals surface area contributed by atoms with Crippen LogP contribution in [0.2, 0.25) is 0 Å². The molecule has 72 valence electrons. The Labute approximate surface area is 77.3 Å². The molecule has 0 saturated carbocycles. The van der Waals surface area contributed by atoms with Crippen LogP contribution in [0.5, 0.6) is 0 Å². The van der Waals surface area contributed by atoms with Crippen LogP contribution in [0.15, 0.2) is 30.3 Å². The minimum absolute atomic E-state index is 0.719. The molecule has 6 heteroatoms. The van der Waals surface area contributed by atoms with E-state index >= 15 is 0 Å². The molecule has 0 aliphatic carbocycles. The van der Waals surface area contributed by atoms with Crippen molar-refractivity contribution < 1.29 is 8.42 Å². The summed E-state index contributed by atoms with van der Waals surface area (Å²) < 4.78 is 21.3. The van der Waals surface area contributed by atoms with Crippen molar-refractivity contribution in [3.8, 4) is 0 Å². The van der Waals surface area contributed by atoms with E-state index in [1.165, 1.54) is 5.01 Å². The lowest BCUT2D eigenvalue weighted by molar-refractivity contribution is 0.582. The van der Waals surface area contributed by atoms with E-state index in [2.05, 4.69) is 4.83 Å². The second-order valence-corrected chi connectivity index (χ2v) is 3.80. The predicted molar refractivity (Wildman–Crippen MR) is 51.1 cm³/mol. The van der Waals surface area contributed by atoms with Crippen molar-refractivity contribution in [2.45, 2.75) is 0 Å². The predicted octanol–water partition coefficient (Wildman–Crippen LogP) is -0.169. The molecular weight excluding hydrogens is 190 g/mol. The van der Waals surface area contributed by atoms with Gasteiger partial charge in [0.25, 0.3) is 10.2 Å². The first-order valence-electron chi connectivity index (χ1n) is 3.58. The van der Waals surface area contributed by atoms with Gasteiger partial charge in [0, 0.05) is 7.05 Å². The second kappa shape index (κ2) is 3.73. The largest absolute Gasteiger partial charge is 0.297 e. The van der Waals surface area contributed by atoms with Crippen LogP contribution >= 0.6 is 0 Å². The first-order valence-corrected chi connectivity index (χ1v) is 5.12. The summed E-state index contributed by atoms with van der Waals surface area (Å²) in [6.45, 7) is 0. The molecule has 0 radical (unpaired) electrons. The van der Waals surface area contributed by atoms with Gasteiger partial charge in [0.1, 0.15) is 0 Å². The molecule has 1 aromatic carbocycles. The molecule has 0 aliphatic rings. The maximum Gasteiger partial charge on any atom is 0.291 e. The van der Waals surface area contributed by atoms with Crippen molar-refractivity contribution in [3.05, 3.63) is 30.3 Å². The molecule has 13 heavy (non-hydrogen) atoms. The Morgan fingerprint density at radius 2 is 1.85 bits per heavy atom. The fourth-order valence-electron chi connectivity index (χ4n) is 0.895. The van der Waals surface area contributed by atoms with Gasteiger partial charge in [-0.05, 0) is 12.1 Å². The summed E-state index contributed by atoms with van der Waals surface area (Å²) in [6.07, 6.45) is 0. The highest BCUT2D eigenvalue weighted by molar-refractivity contribution is 7.87. The third-order valence-electron chi connectivity index (χ3n) is 1.41. The Balaban J connectivity index is 2.76. The number of hydrogen-bond acceptors (Lipinski definition) is 3. The zero-order valence-corrected chi connectivity index (χ0v) is 7.95. The quantitative estimate of drug-likeness (QED) is 0.667. The molecule has 1 rings (SSSR count). The van der Waals surface area contributed by atoms with Crippen molar-refractivity contribution in [1.82, 2.24) is 4.83 Å². The van der Waals surface area contributed by atoms with Crippen LogP contribution in [-0.2, 0) is 10.2 Å². The maximum atomic E-state index is 10.6. The SMILES string of the molecule is CN(NS(N)(=O)=O)c1ccccc1. The molecule has 0 aromatic heterocycles. The molecule has 0 spiro atoms. The summed E-state index contributed by atoms with van der Waals surface area (Å²) in [6, 6.07) is 8.97. The molecule has 0 saturated heterocycles. The average Bonchev–Trinajstić information content (AvgIpc) is 2.03. The van der Waals surface area contributed by atoms with Gasteiger partial charge in [-0.15, -0.1) is 4.83 Å². The Kier molecular flexibility index (Phi) is 2.86. The lowest BCUT2D eigenvalue weighted by Gasteiger charge is -2.17. The highest BCUT2D eigenvalue weighted by atomic mass is 32.2. The average molecular weight is 201 g/mol. The first-order chi connectivity index (χ1) is 5.99. The second-order valence-electron chi connectivity index (χ2n) is 2.53. The Morgan fingerprint density at radius 1 is 1.31 bits per heavy atom. The third-order valence-corrected chi connectivity index (χ3v) is 1.94. The van der Waals surface area contributed by atoms with E-state index in [4.69, 9.17) is 5.14 Å².